The summed E-state index contributed by atoms with van der Waals surface area (Å²) in [6.45, 7) is 8.59. The van der Waals surface area contributed by atoms with Crippen molar-refractivity contribution < 1.29 is 19.4 Å². The Hall–Kier alpha value is -1.75. The molecule has 21 heavy (non-hydrogen) atoms. The van der Waals surface area contributed by atoms with Gasteiger partial charge in [0, 0.05) is 12.6 Å². The van der Waals surface area contributed by atoms with E-state index in [2.05, 4.69) is 4.90 Å². The summed E-state index contributed by atoms with van der Waals surface area (Å²) in [6.07, 6.45) is 0.150. The van der Waals surface area contributed by atoms with Gasteiger partial charge in [0.15, 0.2) is 0 Å². The molecule has 0 aromatic heterocycles. The summed E-state index contributed by atoms with van der Waals surface area (Å²) in [6, 6.07) is 7.52. The topological polar surface area (TPSA) is 59.0 Å². The lowest BCUT2D eigenvalue weighted by Crippen LogP contribution is -2.37. The van der Waals surface area contributed by atoms with Gasteiger partial charge in [-0.1, -0.05) is 6.92 Å². The van der Waals surface area contributed by atoms with Crippen LogP contribution in [-0.4, -0.2) is 48.3 Å². The number of ether oxygens (including phenoxy) is 2. The van der Waals surface area contributed by atoms with Gasteiger partial charge in [-0.2, -0.15) is 0 Å². The molecule has 1 N–H and O–H groups in total. The van der Waals surface area contributed by atoms with E-state index in [-0.39, 0.29) is 12.5 Å². The quantitative estimate of drug-likeness (QED) is 0.719. The number of carboxylic acid groups (broad SMARTS) is 1. The SMILES string of the molecule is CCOc1ccc(OCCN(CC)C(C)CC(=O)O)cc1. The molecule has 1 aromatic carbocycles. The van der Waals surface area contributed by atoms with Gasteiger partial charge in [-0.25, -0.2) is 0 Å². The number of benzene rings is 1. The van der Waals surface area contributed by atoms with Crippen molar-refractivity contribution in [2.45, 2.75) is 33.2 Å². The highest BCUT2D eigenvalue weighted by Crippen LogP contribution is 2.17. The second-order valence-corrected chi connectivity index (χ2v) is 4.83. The monoisotopic (exact) mass is 295 g/mol. The molecule has 1 atom stereocenters. The summed E-state index contributed by atoms with van der Waals surface area (Å²) < 4.78 is 11.1. The Morgan fingerprint density at radius 1 is 1.19 bits per heavy atom. The van der Waals surface area contributed by atoms with Crippen molar-refractivity contribution in [1.29, 1.82) is 0 Å². The predicted octanol–water partition coefficient (Wildman–Crippen LogP) is 2.65. The van der Waals surface area contributed by atoms with Crippen LogP contribution in [0.4, 0.5) is 0 Å². The van der Waals surface area contributed by atoms with E-state index < -0.39 is 5.97 Å². The minimum atomic E-state index is -0.770. The molecule has 0 aliphatic rings. The van der Waals surface area contributed by atoms with E-state index in [9.17, 15) is 4.79 Å². The smallest absolute Gasteiger partial charge is 0.304 e. The van der Waals surface area contributed by atoms with Crippen molar-refractivity contribution in [1.82, 2.24) is 4.90 Å². The summed E-state index contributed by atoms with van der Waals surface area (Å²) >= 11 is 0. The molecule has 5 nitrogen and oxygen atoms in total. The molecule has 118 valence electrons. The van der Waals surface area contributed by atoms with Gasteiger partial charge in [0.05, 0.1) is 13.0 Å². The Bertz CT molecular complexity index is 419. The summed E-state index contributed by atoms with van der Waals surface area (Å²) in [7, 11) is 0. The zero-order valence-electron chi connectivity index (χ0n) is 13.0. The van der Waals surface area contributed by atoms with Gasteiger partial charge in [0.1, 0.15) is 18.1 Å². The minimum Gasteiger partial charge on any atom is -0.494 e. The Morgan fingerprint density at radius 2 is 1.76 bits per heavy atom. The molecule has 5 heteroatoms. The second kappa shape index (κ2) is 9.23. The standard InChI is InChI=1S/C16H25NO4/c1-4-17(13(3)12-16(18)19)10-11-21-15-8-6-14(7-9-15)20-5-2/h6-9,13H,4-5,10-12H2,1-3H3,(H,18,19). The van der Waals surface area contributed by atoms with Crippen LogP contribution < -0.4 is 9.47 Å². The third-order valence-corrected chi connectivity index (χ3v) is 3.28. The molecule has 1 aromatic rings. The molecule has 1 rings (SSSR count). The molecule has 0 amide bonds. The fraction of sp³-hybridized carbons (Fsp3) is 0.562. The lowest BCUT2D eigenvalue weighted by molar-refractivity contribution is -0.138. The maximum atomic E-state index is 10.7. The first kappa shape index (κ1) is 17.3. The summed E-state index contributed by atoms with van der Waals surface area (Å²) in [5.74, 6) is 0.851. The van der Waals surface area contributed by atoms with Gasteiger partial charge in [-0.15, -0.1) is 0 Å². The molecule has 0 aliphatic heterocycles. The molecule has 0 fully saturated rings. The van der Waals surface area contributed by atoms with Gasteiger partial charge >= 0.3 is 5.97 Å². The van der Waals surface area contributed by atoms with E-state index in [1.54, 1.807) is 0 Å². The maximum absolute atomic E-state index is 10.7. The van der Waals surface area contributed by atoms with Crippen LogP contribution in [0.3, 0.4) is 0 Å². The molecule has 0 spiro atoms. The van der Waals surface area contributed by atoms with Crippen molar-refractivity contribution in [3.05, 3.63) is 24.3 Å². The van der Waals surface area contributed by atoms with E-state index in [1.165, 1.54) is 0 Å². The van der Waals surface area contributed by atoms with E-state index >= 15 is 0 Å². The van der Waals surface area contributed by atoms with Gasteiger partial charge in [0.2, 0.25) is 0 Å². The highest BCUT2D eigenvalue weighted by Gasteiger charge is 2.15. The van der Waals surface area contributed by atoms with E-state index in [1.807, 2.05) is 45.0 Å². The zero-order valence-corrected chi connectivity index (χ0v) is 13.0. The fourth-order valence-corrected chi connectivity index (χ4v) is 2.15. The van der Waals surface area contributed by atoms with Crippen LogP contribution in [0.5, 0.6) is 11.5 Å². The number of hydrogen-bond donors (Lipinski definition) is 1. The van der Waals surface area contributed by atoms with Crippen LogP contribution in [0.2, 0.25) is 0 Å². The van der Waals surface area contributed by atoms with Crippen molar-refractivity contribution >= 4 is 5.97 Å². The first-order valence-corrected chi connectivity index (χ1v) is 7.38. The molecular weight excluding hydrogens is 270 g/mol. The fourth-order valence-electron chi connectivity index (χ4n) is 2.15. The molecule has 1 unspecified atom stereocenters. The number of aliphatic carboxylic acids is 1. The number of nitrogens with zero attached hydrogens (tertiary/aromatic N) is 1. The highest BCUT2D eigenvalue weighted by molar-refractivity contribution is 5.67. The number of hydrogen-bond acceptors (Lipinski definition) is 4. The summed E-state index contributed by atoms with van der Waals surface area (Å²) in [5.41, 5.74) is 0. The van der Waals surface area contributed by atoms with Crippen LogP contribution in [0.15, 0.2) is 24.3 Å². The predicted molar refractivity (Wildman–Crippen MR) is 82.1 cm³/mol. The van der Waals surface area contributed by atoms with Gasteiger partial charge in [-0.05, 0) is 44.7 Å². The average molecular weight is 295 g/mol. The lowest BCUT2D eigenvalue weighted by Gasteiger charge is -2.26. The molecule has 0 aliphatic carbocycles. The van der Waals surface area contributed by atoms with Gasteiger partial charge < -0.3 is 14.6 Å². The van der Waals surface area contributed by atoms with Crippen molar-refractivity contribution in [2.24, 2.45) is 0 Å². The number of likely N-dealkylation sites (N-methyl/N-ethyl adjacent to an activating group) is 1. The van der Waals surface area contributed by atoms with Crippen LogP contribution in [0.25, 0.3) is 0 Å². The lowest BCUT2D eigenvalue weighted by atomic mass is 10.2. The normalized spacial score (nSPS) is 12.2. The van der Waals surface area contributed by atoms with Gasteiger partial charge in [-0.3, -0.25) is 9.69 Å². The van der Waals surface area contributed by atoms with E-state index in [0.717, 1.165) is 18.0 Å². The molecule has 0 saturated heterocycles. The van der Waals surface area contributed by atoms with Crippen LogP contribution in [0.1, 0.15) is 27.2 Å². The molecular formula is C16H25NO4. The largest absolute Gasteiger partial charge is 0.494 e. The van der Waals surface area contributed by atoms with Crippen molar-refractivity contribution in [2.75, 3.05) is 26.3 Å². The van der Waals surface area contributed by atoms with E-state index in [4.69, 9.17) is 14.6 Å². The Kier molecular flexibility index (Phi) is 7.61. The summed E-state index contributed by atoms with van der Waals surface area (Å²) in [5, 5.41) is 8.83. The van der Waals surface area contributed by atoms with Gasteiger partial charge in [0.25, 0.3) is 0 Å². The third-order valence-electron chi connectivity index (χ3n) is 3.28. The van der Waals surface area contributed by atoms with E-state index in [0.29, 0.717) is 19.8 Å². The molecule has 0 radical (unpaired) electrons. The first-order chi connectivity index (χ1) is 10.1. The average Bonchev–Trinajstić information content (AvgIpc) is 2.45. The minimum absolute atomic E-state index is 0.0106. The number of rotatable bonds is 10. The second-order valence-electron chi connectivity index (χ2n) is 4.83. The zero-order chi connectivity index (χ0) is 15.7. The van der Waals surface area contributed by atoms with Crippen LogP contribution in [0, 0.1) is 0 Å². The first-order valence-electron chi connectivity index (χ1n) is 7.38. The third kappa shape index (κ3) is 6.49. The van der Waals surface area contributed by atoms with Crippen molar-refractivity contribution in [3.8, 4) is 11.5 Å². The summed E-state index contributed by atoms with van der Waals surface area (Å²) in [4.78, 5) is 12.8. The van der Waals surface area contributed by atoms with Crippen LogP contribution in [-0.2, 0) is 4.79 Å². The molecule has 0 heterocycles. The highest BCUT2D eigenvalue weighted by atomic mass is 16.5. The Morgan fingerprint density at radius 3 is 2.24 bits per heavy atom. The number of carbonyl (C=O) groups is 1. The maximum Gasteiger partial charge on any atom is 0.304 e. The van der Waals surface area contributed by atoms with Crippen molar-refractivity contribution in [3.63, 3.8) is 0 Å². The molecule has 0 bridgehead atoms. The van der Waals surface area contributed by atoms with Crippen LogP contribution >= 0.6 is 0 Å². The Labute approximate surface area is 126 Å². The Balaban J connectivity index is 2.38. The number of carboxylic acids is 1. The molecule has 0 saturated carbocycles.